The van der Waals surface area contributed by atoms with Crippen molar-refractivity contribution >= 4 is 16.2 Å². The van der Waals surface area contributed by atoms with Crippen LogP contribution in [0.25, 0.3) is 0 Å². The number of carboxylic acid groups (broad SMARTS) is 1. The Balaban J connectivity index is 2.47. The van der Waals surface area contributed by atoms with Crippen LogP contribution >= 0.6 is 0 Å². The average Bonchev–Trinajstić information content (AvgIpc) is 1.79. The fraction of sp³-hybridized carbons (Fsp3) is 0.833. The Kier molecular flexibility index (Phi) is 2.89. The van der Waals surface area contributed by atoms with Crippen LogP contribution in [0.4, 0.5) is 0 Å². The number of carbonyl (C=O) groups is 1. The molecule has 0 saturated carbocycles. The number of hydrogen-bond donors (Lipinski definition) is 2. The van der Waals surface area contributed by atoms with E-state index in [1.807, 2.05) is 0 Å². The fourth-order valence-electron chi connectivity index (χ4n) is 1.06. The van der Waals surface area contributed by atoms with Crippen LogP contribution in [0.15, 0.2) is 0 Å². The monoisotopic (exact) mass is 208 g/mol. The molecule has 0 atom stereocenters. The highest BCUT2D eigenvalue weighted by molar-refractivity contribution is 7.87. The van der Waals surface area contributed by atoms with Crippen LogP contribution in [0.5, 0.6) is 0 Å². The number of hydrogen-bond acceptors (Lipinski definition) is 3. The van der Waals surface area contributed by atoms with Crippen molar-refractivity contribution in [2.24, 2.45) is 5.92 Å². The Morgan fingerprint density at radius 1 is 1.62 bits per heavy atom. The zero-order valence-corrected chi connectivity index (χ0v) is 8.04. The van der Waals surface area contributed by atoms with Crippen LogP contribution in [0.1, 0.15) is 6.92 Å². The van der Waals surface area contributed by atoms with Gasteiger partial charge in [0, 0.05) is 19.6 Å². The molecule has 1 saturated heterocycles. The lowest BCUT2D eigenvalue weighted by Crippen LogP contribution is -2.56. The van der Waals surface area contributed by atoms with Gasteiger partial charge in [-0.15, -0.1) is 0 Å². The van der Waals surface area contributed by atoms with Gasteiger partial charge in [-0.3, -0.25) is 4.79 Å². The highest BCUT2D eigenvalue weighted by Gasteiger charge is 2.39. The third-order valence-electron chi connectivity index (χ3n) is 1.86. The van der Waals surface area contributed by atoms with Crippen LogP contribution in [-0.2, 0) is 15.0 Å². The van der Waals surface area contributed by atoms with Gasteiger partial charge >= 0.3 is 5.97 Å². The van der Waals surface area contributed by atoms with Crippen LogP contribution in [-0.4, -0.2) is 43.4 Å². The number of rotatable bonds is 4. The molecule has 1 aliphatic heterocycles. The molecule has 0 unspecified atom stereocenters. The van der Waals surface area contributed by atoms with Crippen LogP contribution in [0.2, 0.25) is 0 Å². The molecule has 0 aromatic rings. The zero-order valence-electron chi connectivity index (χ0n) is 7.23. The number of nitrogens with one attached hydrogen (secondary N) is 1. The number of aliphatic carboxylic acids is 1. The van der Waals surface area contributed by atoms with E-state index < -0.39 is 22.1 Å². The molecule has 1 fully saturated rings. The molecule has 13 heavy (non-hydrogen) atoms. The summed E-state index contributed by atoms with van der Waals surface area (Å²) in [6.07, 6.45) is 0. The first kappa shape index (κ1) is 10.4. The van der Waals surface area contributed by atoms with Gasteiger partial charge in [-0.05, 0) is 0 Å². The first-order valence-electron chi connectivity index (χ1n) is 3.95. The lowest BCUT2D eigenvalue weighted by atomic mass is 10.0. The Labute approximate surface area is 76.7 Å². The lowest BCUT2D eigenvalue weighted by Gasteiger charge is -2.35. The van der Waals surface area contributed by atoms with E-state index in [-0.39, 0.29) is 13.1 Å². The van der Waals surface area contributed by atoms with Crippen molar-refractivity contribution in [1.82, 2.24) is 9.03 Å². The molecule has 2 N–H and O–H groups in total. The summed E-state index contributed by atoms with van der Waals surface area (Å²) in [5.41, 5.74) is 0. The molecule has 6 nitrogen and oxygen atoms in total. The van der Waals surface area contributed by atoms with E-state index in [2.05, 4.69) is 4.72 Å². The molecule has 7 heteroatoms. The molecule has 1 rings (SSSR count). The molecule has 76 valence electrons. The topological polar surface area (TPSA) is 86.7 Å². The van der Waals surface area contributed by atoms with Crippen molar-refractivity contribution in [1.29, 1.82) is 0 Å². The van der Waals surface area contributed by atoms with E-state index in [0.29, 0.717) is 6.54 Å². The van der Waals surface area contributed by atoms with Gasteiger partial charge in [0.15, 0.2) is 0 Å². The van der Waals surface area contributed by atoms with Gasteiger partial charge in [0.05, 0.1) is 5.92 Å². The Morgan fingerprint density at radius 3 is 2.54 bits per heavy atom. The predicted molar refractivity (Wildman–Crippen MR) is 45.3 cm³/mol. The highest BCUT2D eigenvalue weighted by atomic mass is 32.2. The summed E-state index contributed by atoms with van der Waals surface area (Å²) in [5.74, 6) is -1.49. The van der Waals surface area contributed by atoms with E-state index in [1.54, 1.807) is 6.92 Å². The van der Waals surface area contributed by atoms with Gasteiger partial charge in [-0.1, -0.05) is 6.92 Å². The minimum atomic E-state index is -3.42. The molecular formula is C6H12N2O4S. The molecule has 0 spiro atoms. The normalized spacial score (nSPS) is 19.8. The van der Waals surface area contributed by atoms with E-state index >= 15 is 0 Å². The van der Waals surface area contributed by atoms with Gasteiger partial charge < -0.3 is 5.11 Å². The second-order valence-electron chi connectivity index (χ2n) is 2.86. The molecule has 0 aromatic heterocycles. The van der Waals surface area contributed by atoms with Crippen molar-refractivity contribution < 1.29 is 18.3 Å². The smallest absolute Gasteiger partial charge is 0.309 e. The minimum absolute atomic E-state index is 0.0741. The summed E-state index contributed by atoms with van der Waals surface area (Å²) in [4.78, 5) is 10.4. The quantitative estimate of drug-likeness (QED) is 0.611. The maximum absolute atomic E-state index is 11.2. The Hall–Kier alpha value is -0.660. The van der Waals surface area contributed by atoms with Gasteiger partial charge in [0.25, 0.3) is 10.2 Å². The fourth-order valence-corrected chi connectivity index (χ4v) is 2.36. The van der Waals surface area contributed by atoms with Crippen LogP contribution < -0.4 is 4.72 Å². The highest BCUT2D eigenvalue weighted by Crippen LogP contribution is 2.18. The minimum Gasteiger partial charge on any atom is -0.481 e. The summed E-state index contributed by atoms with van der Waals surface area (Å²) in [7, 11) is -3.42. The van der Waals surface area contributed by atoms with E-state index in [0.717, 1.165) is 4.31 Å². The first-order chi connectivity index (χ1) is 5.97. The summed E-state index contributed by atoms with van der Waals surface area (Å²) in [6.45, 7) is 2.14. The average molecular weight is 208 g/mol. The number of carboxylic acids is 1. The third kappa shape index (κ3) is 2.17. The Bertz CT molecular complexity index is 294. The molecule has 0 aromatic carbocycles. The molecular weight excluding hydrogens is 196 g/mol. The maximum atomic E-state index is 11.2. The molecule has 1 heterocycles. The predicted octanol–water partition coefficient (Wildman–Crippen LogP) is -1.14. The Morgan fingerprint density at radius 2 is 2.15 bits per heavy atom. The SMILES string of the molecule is CCNS(=O)(=O)N1CC(C(=O)O)C1. The van der Waals surface area contributed by atoms with Gasteiger partial charge in [-0.25, -0.2) is 4.72 Å². The standard InChI is InChI=1S/C6H12N2O4S/c1-2-7-13(11,12)8-3-5(4-8)6(9)10/h5,7H,2-4H2,1H3,(H,9,10). The maximum Gasteiger partial charge on any atom is 0.309 e. The third-order valence-corrected chi connectivity index (χ3v) is 3.50. The molecule has 0 radical (unpaired) electrons. The van der Waals surface area contributed by atoms with Crippen molar-refractivity contribution in [3.05, 3.63) is 0 Å². The van der Waals surface area contributed by atoms with E-state index in [4.69, 9.17) is 5.11 Å². The second kappa shape index (κ2) is 3.60. The summed E-state index contributed by atoms with van der Waals surface area (Å²) in [6, 6.07) is 0. The van der Waals surface area contributed by atoms with Crippen LogP contribution in [0, 0.1) is 5.92 Å². The number of nitrogens with zero attached hydrogens (tertiary/aromatic N) is 1. The largest absolute Gasteiger partial charge is 0.481 e. The van der Waals surface area contributed by atoms with E-state index in [1.165, 1.54) is 0 Å². The zero-order chi connectivity index (χ0) is 10.1. The molecule has 0 aliphatic carbocycles. The van der Waals surface area contributed by atoms with Gasteiger partial charge in [-0.2, -0.15) is 12.7 Å². The van der Waals surface area contributed by atoms with Gasteiger partial charge in [0.2, 0.25) is 0 Å². The molecule has 0 amide bonds. The second-order valence-corrected chi connectivity index (χ2v) is 4.61. The van der Waals surface area contributed by atoms with Crippen molar-refractivity contribution in [2.75, 3.05) is 19.6 Å². The lowest BCUT2D eigenvalue weighted by molar-refractivity contribution is -0.145. The van der Waals surface area contributed by atoms with Crippen molar-refractivity contribution in [2.45, 2.75) is 6.92 Å². The van der Waals surface area contributed by atoms with Gasteiger partial charge in [0.1, 0.15) is 0 Å². The summed E-state index contributed by atoms with van der Waals surface area (Å²) >= 11 is 0. The van der Waals surface area contributed by atoms with Crippen molar-refractivity contribution in [3.63, 3.8) is 0 Å². The summed E-state index contributed by atoms with van der Waals surface area (Å²) < 4.78 is 25.8. The van der Waals surface area contributed by atoms with E-state index in [9.17, 15) is 13.2 Å². The molecule has 0 bridgehead atoms. The first-order valence-corrected chi connectivity index (χ1v) is 5.39. The molecule has 1 aliphatic rings. The summed E-state index contributed by atoms with van der Waals surface area (Å²) in [5, 5.41) is 8.50. The van der Waals surface area contributed by atoms with Crippen LogP contribution in [0.3, 0.4) is 0 Å². The van der Waals surface area contributed by atoms with Crippen molar-refractivity contribution in [3.8, 4) is 0 Å².